The van der Waals surface area contributed by atoms with Crippen molar-refractivity contribution in [3.63, 3.8) is 0 Å². The molecule has 0 aliphatic rings. The molecule has 0 aliphatic heterocycles. The number of nitrogens with one attached hydrogen (secondary N) is 1. The number of hydrogen-bond donors (Lipinski definition) is 1. The van der Waals surface area contributed by atoms with Crippen LogP contribution in [0.5, 0.6) is 5.75 Å². The van der Waals surface area contributed by atoms with Crippen molar-refractivity contribution in [2.75, 3.05) is 11.9 Å². The van der Waals surface area contributed by atoms with Gasteiger partial charge in [0.05, 0.1) is 23.1 Å². The maximum absolute atomic E-state index is 12.7. The van der Waals surface area contributed by atoms with Gasteiger partial charge in [0.25, 0.3) is 0 Å². The number of hydrogen-bond acceptors (Lipinski definition) is 7. The van der Waals surface area contributed by atoms with Gasteiger partial charge >= 0.3 is 0 Å². The van der Waals surface area contributed by atoms with Gasteiger partial charge in [-0.25, -0.2) is 9.97 Å². The Bertz CT molecular complexity index is 1090. The summed E-state index contributed by atoms with van der Waals surface area (Å²) in [5.41, 5.74) is 3.12. The molecule has 2 heterocycles. The van der Waals surface area contributed by atoms with Crippen molar-refractivity contribution >= 4 is 34.1 Å². The Morgan fingerprint density at radius 2 is 1.94 bits per heavy atom. The largest absolute Gasteiger partial charge is 0.494 e. The molecule has 1 N–H and O–H groups in total. The number of nitriles is 1. The first kappa shape index (κ1) is 22.8. The van der Waals surface area contributed by atoms with Crippen LogP contribution in [0, 0.1) is 11.3 Å². The molecular weight excluding hydrogens is 428 g/mol. The van der Waals surface area contributed by atoms with Crippen LogP contribution in [-0.4, -0.2) is 27.7 Å². The van der Waals surface area contributed by atoms with Crippen molar-refractivity contribution in [2.24, 2.45) is 0 Å². The molecule has 0 saturated carbocycles. The van der Waals surface area contributed by atoms with E-state index in [1.165, 1.54) is 23.1 Å². The Labute approximate surface area is 190 Å². The fraction of sp³-hybridized carbons (Fsp3) is 0.304. The topological polar surface area (TPSA) is 87.9 Å². The minimum absolute atomic E-state index is 0.182. The van der Waals surface area contributed by atoms with Crippen molar-refractivity contribution in [3.05, 3.63) is 53.0 Å². The van der Waals surface area contributed by atoms with Crippen molar-refractivity contribution in [1.82, 2.24) is 9.97 Å². The second-order valence-corrected chi connectivity index (χ2v) is 9.29. The van der Waals surface area contributed by atoms with Crippen LogP contribution >= 0.6 is 23.1 Å². The second-order valence-electron chi connectivity index (χ2n) is 7.10. The molecule has 6 nitrogen and oxygen atoms in total. The number of thiazole rings is 1. The highest BCUT2D eigenvalue weighted by molar-refractivity contribution is 8.00. The number of aromatic nitrogens is 2. The molecule has 31 heavy (non-hydrogen) atoms. The van der Waals surface area contributed by atoms with Gasteiger partial charge in [0.2, 0.25) is 5.91 Å². The van der Waals surface area contributed by atoms with E-state index in [9.17, 15) is 10.1 Å². The fourth-order valence-corrected chi connectivity index (χ4v) is 4.35. The van der Waals surface area contributed by atoms with Crippen LogP contribution < -0.4 is 10.1 Å². The summed E-state index contributed by atoms with van der Waals surface area (Å²) in [5.74, 6) is 0.874. The third-order valence-electron chi connectivity index (χ3n) is 4.45. The van der Waals surface area contributed by atoms with E-state index in [2.05, 4.69) is 21.4 Å². The molecule has 2 aromatic heterocycles. The quantitative estimate of drug-likeness (QED) is 0.440. The minimum Gasteiger partial charge on any atom is -0.494 e. The van der Waals surface area contributed by atoms with Gasteiger partial charge in [0.15, 0.2) is 5.13 Å². The summed E-state index contributed by atoms with van der Waals surface area (Å²) in [7, 11) is 0. The molecule has 1 amide bonds. The summed E-state index contributed by atoms with van der Waals surface area (Å²) in [6.07, 6.45) is 0. The summed E-state index contributed by atoms with van der Waals surface area (Å²) in [4.78, 5) is 21.8. The van der Waals surface area contributed by atoms with Gasteiger partial charge in [-0.2, -0.15) is 5.26 Å². The molecule has 3 aromatic rings. The Kier molecular flexibility index (Phi) is 7.66. The zero-order valence-corrected chi connectivity index (χ0v) is 19.5. The summed E-state index contributed by atoms with van der Waals surface area (Å²) in [5, 5.41) is 14.8. The highest BCUT2D eigenvalue weighted by Gasteiger charge is 2.19. The number of carbonyl (C=O) groups is 1. The number of ether oxygens (including phenoxy) is 1. The van der Waals surface area contributed by atoms with Crippen LogP contribution in [-0.2, 0) is 4.79 Å². The van der Waals surface area contributed by atoms with Crippen LogP contribution in [0.2, 0.25) is 0 Å². The zero-order valence-electron chi connectivity index (χ0n) is 17.9. The number of amides is 1. The normalized spacial score (nSPS) is 11.7. The lowest BCUT2D eigenvalue weighted by Crippen LogP contribution is -2.22. The summed E-state index contributed by atoms with van der Waals surface area (Å²) in [6, 6.07) is 13.5. The SMILES string of the molecule is CCOc1ccc(-c2csc(NC(=O)C(C)Sc3nc(C(C)C)ccc3C#N)n2)cc1. The highest BCUT2D eigenvalue weighted by Crippen LogP contribution is 2.29. The summed E-state index contributed by atoms with van der Waals surface area (Å²) in [6.45, 7) is 8.45. The number of benzene rings is 1. The van der Waals surface area contributed by atoms with Gasteiger partial charge in [0, 0.05) is 16.6 Å². The van der Waals surface area contributed by atoms with E-state index < -0.39 is 5.25 Å². The third kappa shape index (κ3) is 5.84. The van der Waals surface area contributed by atoms with Crippen LogP contribution in [0.25, 0.3) is 11.3 Å². The molecule has 1 unspecified atom stereocenters. The van der Waals surface area contributed by atoms with Crippen LogP contribution in [0.1, 0.15) is 44.9 Å². The van der Waals surface area contributed by atoms with E-state index in [-0.39, 0.29) is 11.8 Å². The number of anilines is 1. The van der Waals surface area contributed by atoms with Crippen LogP contribution in [0.15, 0.2) is 46.8 Å². The van der Waals surface area contributed by atoms with Gasteiger partial charge in [-0.3, -0.25) is 4.79 Å². The standard InChI is InChI=1S/C23H24N4O2S2/c1-5-29-18-9-6-16(7-10-18)20-13-30-23(26-20)27-21(28)15(4)31-22-17(12-24)8-11-19(25-22)14(2)3/h6-11,13-15H,5H2,1-4H3,(H,26,27,28). The van der Waals surface area contributed by atoms with E-state index >= 15 is 0 Å². The Morgan fingerprint density at radius 3 is 2.58 bits per heavy atom. The van der Waals surface area contributed by atoms with Gasteiger partial charge in [-0.1, -0.05) is 25.6 Å². The molecule has 0 aliphatic carbocycles. The molecule has 1 atom stereocenters. The molecule has 160 valence electrons. The first-order valence-electron chi connectivity index (χ1n) is 9.98. The average Bonchev–Trinajstić information content (AvgIpc) is 3.22. The monoisotopic (exact) mass is 452 g/mol. The Morgan fingerprint density at radius 1 is 1.19 bits per heavy atom. The minimum atomic E-state index is -0.431. The van der Waals surface area contributed by atoms with E-state index in [4.69, 9.17) is 4.74 Å². The van der Waals surface area contributed by atoms with Gasteiger partial charge in [0.1, 0.15) is 16.8 Å². The molecule has 3 rings (SSSR count). The number of nitrogens with zero attached hydrogens (tertiary/aromatic N) is 3. The lowest BCUT2D eigenvalue weighted by atomic mass is 10.1. The smallest absolute Gasteiger partial charge is 0.239 e. The number of thioether (sulfide) groups is 1. The number of pyridine rings is 1. The zero-order chi connectivity index (χ0) is 22.4. The predicted molar refractivity (Wildman–Crippen MR) is 126 cm³/mol. The Balaban J connectivity index is 1.67. The lowest BCUT2D eigenvalue weighted by Gasteiger charge is -2.13. The predicted octanol–water partition coefficient (Wildman–Crippen LogP) is 5.72. The number of carbonyl (C=O) groups excluding carboxylic acids is 1. The lowest BCUT2D eigenvalue weighted by molar-refractivity contribution is -0.115. The second kappa shape index (κ2) is 10.4. The summed E-state index contributed by atoms with van der Waals surface area (Å²) >= 11 is 2.65. The maximum atomic E-state index is 12.7. The molecule has 0 saturated heterocycles. The Hall–Kier alpha value is -2.89. The molecule has 1 aromatic carbocycles. The molecule has 0 bridgehead atoms. The van der Waals surface area contributed by atoms with Crippen LogP contribution in [0.4, 0.5) is 5.13 Å². The number of rotatable bonds is 8. The maximum Gasteiger partial charge on any atom is 0.239 e. The van der Waals surface area contributed by atoms with E-state index in [1.54, 1.807) is 13.0 Å². The van der Waals surface area contributed by atoms with Crippen molar-refractivity contribution < 1.29 is 9.53 Å². The van der Waals surface area contributed by atoms with Crippen LogP contribution in [0.3, 0.4) is 0 Å². The molecule has 0 fully saturated rings. The highest BCUT2D eigenvalue weighted by atomic mass is 32.2. The average molecular weight is 453 g/mol. The molecule has 0 radical (unpaired) electrons. The third-order valence-corrected chi connectivity index (χ3v) is 6.31. The van der Waals surface area contributed by atoms with Crippen molar-refractivity contribution in [3.8, 4) is 23.1 Å². The fourth-order valence-electron chi connectivity index (χ4n) is 2.73. The molecule has 8 heteroatoms. The van der Waals surface area contributed by atoms with E-state index in [0.717, 1.165) is 22.7 Å². The first-order chi connectivity index (χ1) is 14.9. The van der Waals surface area contributed by atoms with E-state index in [1.807, 2.05) is 56.5 Å². The van der Waals surface area contributed by atoms with Crippen molar-refractivity contribution in [2.45, 2.75) is 43.9 Å². The first-order valence-corrected chi connectivity index (χ1v) is 11.7. The molecule has 0 spiro atoms. The molecular formula is C23H24N4O2S2. The van der Waals surface area contributed by atoms with Gasteiger partial charge in [-0.05, 0) is 56.2 Å². The van der Waals surface area contributed by atoms with Gasteiger partial charge in [-0.15, -0.1) is 11.3 Å². The van der Waals surface area contributed by atoms with E-state index in [0.29, 0.717) is 22.3 Å². The van der Waals surface area contributed by atoms with Crippen molar-refractivity contribution in [1.29, 1.82) is 5.26 Å². The van der Waals surface area contributed by atoms with Gasteiger partial charge < -0.3 is 10.1 Å². The summed E-state index contributed by atoms with van der Waals surface area (Å²) < 4.78 is 5.46.